The van der Waals surface area contributed by atoms with Crippen LogP contribution in [0, 0.1) is 0 Å². The largest absolute Gasteiger partial charge is 0.376 e. The van der Waals surface area contributed by atoms with E-state index in [0.717, 1.165) is 59.2 Å². The lowest BCUT2D eigenvalue weighted by atomic mass is 10.0. The molecule has 1 amide bonds. The maximum atomic E-state index is 14.1. The highest BCUT2D eigenvalue weighted by molar-refractivity contribution is 7.91. The number of carbonyl (C=O) groups is 1. The number of nitrogens with zero attached hydrogens (tertiary/aromatic N) is 3. The molecule has 0 saturated carbocycles. The summed E-state index contributed by atoms with van der Waals surface area (Å²) in [6, 6.07) is 8.39. The summed E-state index contributed by atoms with van der Waals surface area (Å²) < 4.78 is 35.9. The summed E-state index contributed by atoms with van der Waals surface area (Å²) in [5.74, 6) is -0.233. The minimum atomic E-state index is -3.84. The fourth-order valence-corrected chi connectivity index (χ4v) is 9.11. The quantitative estimate of drug-likeness (QED) is 0.395. The third kappa shape index (κ3) is 5.01. The number of anilines is 1. The number of halogens is 1. The second kappa shape index (κ2) is 10.4. The Bertz CT molecular complexity index is 1320. The van der Waals surface area contributed by atoms with Gasteiger partial charge in [-0.1, -0.05) is 48.4 Å². The maximum absolute atomic E-state index is 14.1. The number of aryl methyl sites for hydroxylation is 1. The van der Waals surface area contributed by atoms with E-state index in [1.807, 2.05) is 12.1 Å². The molecular formula is C24H28ClN3O4S3. The van der Waals surface area contributed by atoms with Crippen molar-refractivity contribution in [2.24, 2.45) is 0 Å². The average Bonchev–Trinajstić information content (AvgIpc) is 3.62. The van der Waals surface area contributed by atoms with Crippen LogP contribution in [0.1, 0.15) is 44.6 Å². The molecule has 11 heteroatoms. The number of amides is 1. The minimum absolute atomic E-state index is 0.0821. The molecule has 2 aliphatic rings. The molecule has 0 aliphatic carbocycles. The molecule has 5 rings (SSSR count). The molecule has 188 valence electrons. The Hall–Kier alpha value is -1.56. The van der Waals surface area contributed by atoms with Crippen LogP contribution in [0.25, 0.3) is 10.2 Å². The lowest BCUT2D eigenvalue weighted by molar-refractivity contribution is -0.123. The molecule has 0 spiro atoms. The highest BCUT2D eigenvalue weighted by Gasteiger charge is 2.41. The number of ether oxygens (including phenoxy) is 1. The summed E-state index contributed by atoms with van der Waals surface area (Å²) in [6.45, 7) is 3.44. The first-order chi connectivity index (χ1) is 16.9. The van der Waals surface area contributed by atoms with Gasteiger partial charge in [0.15, 0.2) is 5.13 Å². The number of aromatic nitrogens is 1. The molecule has 35 heavy (non-hydrogen) atoms. The van der Waals surface area contributed by atoms with Crippen LogP contribution >= 0.6 is 34.3 Å². The predicted octanol–water partition coefficient (Wildman–Crippen LogP) is 5.33. The summed E-state index contributed by atoms with van der Waals surface area (Å²) in [7, 11) is -3.84. The van der Waals surface area contributed by atoms with Gasteiger partial charge in [-0.15, -0.1) is 11.3 Å². The average molecular weight is 554 g/mol. The third-order valence-electron chi connectivity index (χ3n) is 6.63. The minimum Gasteiger partial charge on any atom is -0.376 e. The van der Waals surface area contributed by atoms with E-state index >= 15 is 0 Å². The Kier molecular flexibility index (Phi) is 7.48. The van der Waals surface area contributed by atoms with E-state index < -0.39 is 16.1 Å². The Morgan fingerprint density at radius 3 is 2.77 bits per heavy atom. The molecule has 2 aliphatic heterocycles. The SMILES string of the molecule is CCc1cccc2sc(N(CC3CCCO3)C(=O)C3CCCCN3S(=O)(=O)c3ccc(Cl)s3)nc12. The van der Waals surface area contributed by atoms with E-state index in [2.05, 4.69) is 13.0 Å². The van der Waals surface area contributed by atoms with E-state index in [1.54, 1.807) is 11.0 Å². The first-order valence-electron chi connectivity index (χ1n) is 12.0. The van der Waals surface area contributed by atoms with Crippen molar-refractivity contribution in [3.63, 3.8) is 0 Å². The molecule has 2 fully saturated rings. The van der Waals surface area contributed by atoms with Gasteiger partial charge >= 0.3 is 0 Å². The number of rotatable bonds is 7. The van der Waals surface area contributed by atoms with Crippen LogP contribution < -0.4 is 4.90 Å². The van der Waals surface area contributed by atoms with E-state index in [0.29, 0.717) is 35.6 Å². The van der Waals surface area contributed by atoms with E-state index in [4.69, 9.17) is 21.3 Å². The second-order valence-electron chi connectivity index (χ2n) is 8.88. The topological polar surface area (TPSA) is 79.8 Å². The molecule has 2 unspecified atom stereocenters. The van der Waals surface area contributed by atoms with Crippen molar-refractivity contribution in [3.8, 4) is 0 Å². The van der Waals surface area contributed by atoms with Crippen molar-refractivity contribution in [1.29, 1.82) is 0 Å². The summed E-state index contributed by atoms with van der Waals surface area (Å²) in [4.78, 5) is 20.7. The molecular weight excluding hydrogens is 526 g/mol. The summed E-state index contributed by atoms with van der Waals surface area (Å²) in [6.07, 6.45) is 4.57. The smallest absolute Gasteiger partial charge is 0.253 e. The summed E-state index contributed by atoms with van der Waals surface area (Å²) in [5, 5.41) is 0.600. The second-order valence-corrected chi connectivity index (χ2v) is 13.7. The predicted molar refractivity (Wildman–Crippen MR) is 141 cm³/mol. The number of thiazole rings is 1. The number of carbonyl (C=O) groups excluding carboxylic acids is 1. The molecule has 2 atom stereocenters. The van der Waals surface area contributed by atoms with Gasteiger partial charge in [-0.3, -0.25) is 9.69 Å². The number of thiophene rings is 1. The number of piperidine rings is 1. The third-order valence-corrected chi connectivity index (χ3v) is 11.3. The standard InChI is InChI=1S/C24H28ClN3O4S3/c1-2-16-7-5-10-19-22(16)26-24(33-19)27(15-17-8-6-14-32-17)23(29)18-9-3-4-13-28(18)35(30,31)21-12-11-20(25)34-21/h5,7,10-12,17-18H,2-4,6,8-9,13-15H2,1H3. The van der Waals surface area contributed by atoms with Gasteiger partial charge in [0.25, 0.3) is 10.0 Å². The zero-order chi connectivity index (χ0) is 24.6. The van der Waals surface area contributed by atoms with Crippen LogP contribution in [0.3, 0.4) is 0 Å². The van der Waals surface area contributed by atoms with Gasteiger partial charge in [0, 0.05) is 13.2 Å². The van der Waals surface area contributed by atoms with Crippen LogP contribution in [-0.4, -0.2) is 55.5 Å². The first kappa shape index (κ1) is 25.1. The van der Waals surface area contributed by atoms with Crippen molar-refractivity contribution < 1.29 is 17.9 Å². The van der Waals surface area contributed by atoms with Crippen molar-refractivity contribution in [2.45, 2.75) is 61.8 Å². The monoisotopic (exact) mass is 553 g/mol. The van der Waals surface area contributed by atoms with Crippen LogP contribution in [0.4, 0.5) is 5.13 Å². The molecule has 2 aromatic heterocycles. The number of para-hydroxylation sites is 1. The maximum Gasteiger partial charge on any atom is 0.253 e. The molecule has 1 aromatic carbocycles. The highest BCUT2D eigenvalue weighted by Crippen LogP contribution is 2.36. The molecule has 4 heterocycles. The van der Waals surface area contributed by atoms with E-state index in [1.165, 1.54) is 21.7 Å². The molecule has 0 radical (unpaired) electrons. The van der Waals surface area contributed by atoms with Crippen LogP contribution in [0.15, 0.2) is 34.5 Å². The van der Waals surface area contributed by atoms with Gasteiger partial charge in [-0.25, -0.2) is 13.4 Å². The van der Waals surface area contributed by atoms with E-state index in [-0.39, 0.29) is 16.2 Å². The molecule has 2 saturated heterocycles. The molecule has 0 N–H and O–H groups in total. The summed E-state index contributed by atoms with van der Waals surface area (Å²) in [5.41, 5.74) is 2.03. The Balaban J connectivity index is 1.52. The number of benzene rings is 1. The summed E-state index contributed by atoms with van der Waals surface area (Å²) >= 11 is 8.53. The number of fused-ring (bicyclic) bond motifs is 1. The Morgan fingerprint density at radius 2 is 2.06 bits per heavy atom. The number of sulfonamides is 1. The molecule has 0 bridgehead atoms. The van der Waals surface area contributed by atoms with Crippen molar-refractivity contribution in [3.05, 3.63) is 40.2 Å². The lowest BCUT2D eigenvalue weighted by Crippen LogP contribution is -2.54. The van der Waals surface area contributed by atoms with Gasteiger partial charge in [0.1, 0.15) is 10.3 Å². The first-order valence-corrected chi connectivity index (χ1v) is 15.4. The van der Waals surface area contributed by atoms with Crippen molar-refractivity contribution in [2.75, 3.05) is 24.6 Å². The normalized spacial score (nSPS) is 21.5. The van der Waals surface area contributed by atoms with Crippen LogP contribution in [0.2, 0.25) is 4.34 Å². The zero-order valence-electron chi connectivity index (χ0n) is 19.5. The highest BCUT2D eigenvalue weighted by atomic mass is 35.5. The lowest BCUT2D eigenvalue weighted by Gasteiger charge is -2.36. The fraction of sp³-hybridized carbons (Fsp3) is 0.500. The van der Waals surface area contributed by atoms with Gasteiger partial charge in [0.05, 0.1) is 27.2 Å². The van der Waals surface area contributed by atoms with Crippen molar-refractivity contribution in [1.82, 2.24) is 9.29 Å². The number of hydrogen-bond donors (Lipinski definition) is 0. The van der Waals surface area contributed by atoms with Gasteiger partial charge in [-0.05, 0) is 55.9 Å². The van der Waals surface area contributed by atoms with E-state index in [9.17, 15) is 13.2 Å². The van der Waals surface area contributed by atoms with Crippen molar-refractivity contribution >= 4 is 65.6 Å². The molecule has 3 aromatic rings. The van der Waals surface area contributed by atoms with Gasteiger partial charge in [0.2, 0.25) is 5.91 Å². The van der Waals surface area contributed by atoms with Crippen LogP contribution in [-0.2, 0) is 26.0 Å². The molecule has 7 nitrogen and oxygen atoms in total. The van der Waals surface area contributed by atoms with Gasteiger partial charge < -0.3 is 4.74 Å². The van der Waals surface area contributed by atoms with Crippen LogP contribution in [0.5, 0.6) is 0 Å². The Morgan fingerprint density at radius 1 is 1.20 bits per heavy atom. The van der Waals surface area contributed by atoms with Gasteiger partial charge in [-0.2, -0.15) is 4.31 Å². The zero-order valence-corrected chi connectivity index (χ0v) is 22.7. The number of hydrogen-bond acceptors (Lipinski definition) is 7. The Labute approximate surface area is 218 Å². The fourth-order valence-electron chi connectivity index (χ4n) is 4.82.